The van der Waals surface area contributed by atoms with Gasteiger partial charge in [-0.25, -0.2) is 13.2 Å². The number of benzene rings is 2. The summed E-state index contributed by atoms with van der Waals surface area (Å²) in [6, 6.07) is 5.88. The molecule has 0 radical (unpaired) electrons. The molecule has 0 spiro atoms. The maximum Gasteiger partial charge on any atom is 0.309 e. The monoisotopic (exact) mass is 336 g/mol. The summed E-state index contributed by atoms with van der Waals surface area (Å²) in [5, 5.41) is 2.45. The first-order valence-electron chi connectivity index (χ1n) is 6.84. The zero-order valence-electron chi connectivity index (χ0n) is 12.4. The van der Waals surface area contributed by atoms with Gasteiger partial charge in [-0.05, 0) is 17.7 Å². The van der Waals surface area contributed by atoms with Crippen molar-refractivity contribution in [2.45, 2.75) is 6.42 Å². The fourth-order valence-electron chi connectivity index (χ4n) is 2.10. The van der Waals surface area contributed by atoms with E-state index in [0.29, 0.717) is 28.8 Å². The molecule has 0 fully saturated rings. The SMILES string of the molecule is COC(=O)Cc1ccc2nc(Nc3cc(F)c(F)cc3F)oc2c1. The number of rotatable bonds is 4. The Morgan fingerprint density at radius 3 is 2.67 bits per heavy atom. The lowest BCUT2D eigenvalue weighted by atomic mass is 10.1. The third kappa shape index (κ3) is 3.17. The first-order valence-corrected chi connectivity index (χ1v) is 6.84. The van der Waals surface area contributed by atoms with Gasteiger partial charge in [0.05, 0.1) is 19.2 Å². The predicted molar refractivity (Wildman–Crippen MR) is 79.3 cm³/mol. The summed E-state index contributed by atoms with van der Waals surface area (Å²) in [6.45, 7) is 0. The smallest absolute Gasteiger partial charge is 0.309 e. The number of hydrogen-bond acceptors (Lipinski definition) is 5. The lowest BCUT2D eigenvalue weighted by molar-refractivity contribution is -0.139. The van der Waals surface area contributed by atoms with E-state index in [9.17, 15) is 18.0 Å². The first kappa shape index (κ1) is 15.9. The van der Waals surface area contributed by atoms with Crippen LogP contribution in [0.2, 0.25) is 0 Å². The highest BCUT2D eigenvalue weighted by atomic mass is 19.2. The zero-order chi connectivity index (χ0) is 17.3. The lowest BCUT2D eigenvalue weighted by Gasteiger charge is -2.03. The number of halogens is 3. The van der Waals surface area contributed by atoms with Gasteiger partial charge < -0.3 is 14.5 Å². The average Bonchev–Trinajstić information content (AvgIpc) is 2.94. The van der Waals surface area contributed by atoms with E-state index in [1.54, 1.807) is 18.2 Å². The summed E-state index contributed by atoms with van der Waals surface area (Å²) >= 11 is 0. The van der Waals surface area contributed by atoms with Crippen molar-refractivity contribution in [2.75, 3.05) is 12.4 Å². The van der Waals surface area contributed by atoms with E-state index >= 15 is 0 Å². The fourth-order valence-corrected chi connectivity index (χ4v) is 2.10. The standard InChI is InChI=1S/C16H11F3N2O3/c1-23-15(22)5-8-2-3-12-14(4-8)24-16(20-12)21-13-7-10(18)9(17)6-11(13)19/h2-4,6-7H,5H2,1H3,(H,20,21). The number of carbonyl (C=O) groups excluding carboxylic acids is 1. The highest BCUT2D eigenvalue weighted by Crippen LogP contribution is 2.26. The molecule has 0 saturated carbocycles. The van der Waals surface area contributed by atoms with Crippen molar-refractivity contribution in [3.05, 3.63) is 53.3 Å². The molecule has 0 amide bonds. The molecule has 8 heteroatoms. The van der Waals surface area contributed by atoms with Crippen LogP contribution in [0.5, 0.6) is 0 Å². The number of fused-ring (bicyclic) bond motifs is 1. The zero-order valence-corrected chi connectivity index (χ0v) is 12.4. The normalized spacial score (nSPS) is 10.8. The Kier molecular flexibility index (Phi) is 4.11. The molecule has 5 nitrogen and oxygen atoms in total. The Balaban J connectivity index is 1.88. The minimum absolute atomic E-state index is 0.0632. The number of ether oxygens (including phenoxy) is 1. The van der Waals surface area contributed by atoms with E-state index in [4.69, 9.17) is 4.42 Å². The van der Waals surface area contributed by atoms with Crippen LogP contribution in [-0.2, 0) is 16.0 Å². The summed E-state index contributed by atoms with van der Waals surface area (Å²) in [5.41, 5.74) is 1.14. The van der Waals surface area contributed by atoms with Gasteiger partial charge in [-0.15, -0.1) is 0 Å². The second-order valence-electron chi connectivity index (χ2n) is 4.95. The van der Waals surface area contributed by atoms with Crippen LogP contribution in [0.1, 0.15) is 5.56 Å². The van der Waals surface area contributed by atoms with Crippen molar-refractivity contribution < 1.29 is 27.1 Å². The molecule has 0 aliphatic carbocycles. The Hall–Kier alpha value is -3.03. The Labute approximate surface area is 134 Å². The second-order valence-corrected chi connectivity index (χ2v) is 4.95. The maximum atomic E-state index is 13.6. The van der Waals surface area contributed by atoms with E-state index in [1.807, 2.05) is 0 Å². The predicted octanol–water partition coefficient (Wildman–Crippen LogP) is 3.70. The summed E-state index contributed by atoms with van der Waals surface area (Å²) < 4.78 is 49.7. The van der Waals surface area contributed by atoms with Crippen molar-refractivity contribution in [1.82, 2.24) is 4.98 Å². The maximum absolute atomic E-state index is 13.6. The lowest BCUT2D eigenvalue weighted by Crippen LogP contribution is -2.03. The topological polar surface area (TPSA) is 64.4 Å². The van der Waals surface area contributed by atoms with Crippen molar-refractivity contribution in [3.63, 3.8) is 0 Å². The molecule has 3 rings (SSSR count). The van der Waals surface area contributed by atoms with E-state index in [0.717, 1.165) is 0 Å². The van der Waals surface area contributed by atoms with Gasteiger partial charge in [0.1, 0.15) is 11.3 Å². The van der Waals surface area contributed by atoms with Crippen LogP contribution in [0.15, 0.2) is 34.7 Å². The van der Waals surface area contributed by atoms with Crippen LogP contribution in [-0.4, -0.2) is 18.1 Å². The Bertz CT molecular complexity index is 924. The van der Waals surface area contributed by atoms with Gasteiger partial charge in [0, 0.05) is 12.1 Å². The van der Waals surface area contributed by atoms with Gasteiger partial charge in [0.15, 0.2) is 17.2 Å². The number of nitrogens with zero attached hydrogens (tertiary/aromatic N) is 1. The number of methoxy groups -OCH3 is 1. The minimum Gasteiger partial charge on any atom is -0.469 e. The quantitative estimate of drug-likeness (QED) is 0.581. The number of anilines is 2. The molecule has 1 heterocycles. The van der Waals surface area contributed by atoms with Crippen molar-refractivity contribution in [1.29, 1.82) is 0 Å². The molecule has 24 heavy (non-hydrogen) atoms. The number of aromatic nitrogens is 1. The summed E-state index contributed by atoms with van der Waals surface area (Å²) in [7, 11) is 1.29. The molecular formula is C16H11F3N2O3. The van der Waals surface area contributed by atoms with Gasteiger partial charge in [-0.3, -0.25) is 4.79 Å². The van der Waals surface area contributed by atoms with Gasteiger partial charge in [0.25, 0.3) is 6.01 Å². The van der Waals surface area contributed by atoms with Gasteiger partial charge in [-0.1, -0.05) is 6.07 Å². The van der Waals surface area contributed by atoms with E-state index in [2.05, 4.69) is 15.0 Å². The van der Waals surface area contributed by atoms with Crippen LogP contribution < -0.4 is 5.32 Å². The molecule has 3 aromatic rings. The summed E-state index contributed by atoms with van der Waals surface area (Å²) in [6.07, 6.45) is 0.0632. The van der Waals surface area contributed by atoms with E-state index in [-0.39, 0.29) is 18.1 Å². The third-order valence-electron chi connectivity index (χ3n) is 3.28. The molecule has 0 atom stereocenters. The molecule has 1 N–H and O–H groups in total. The number of oxazole rings is 1. The molecule has 0 unspecified atom stereocenters. The summed E-state index contributed by atoms with van der Waals surface area (Å²) in [4.78, 5) is 15.3. The number of esters is 1. The van der Waals surface area contributed by atoms with Crippen molar-refractivity contribution >= 4 is 28.8 Å². The molecule has 0 aliphatic heterocycles. The molecule has 0 aliphatic rings. The van der Waals surface area contributed by atoms with Crippen LogP contribution in [0.3, 0.4) is 0 Å². The van der Waals surface area contributed by atoms with Gasteiger partial charge in [0.2, 0.25) is 0 Å². The Morgan fingerprint density at radius 1 is 1.17 bits per heavy atom. The van der Waals surface area contributed by atoms with Crippen LogP contribution in [0.4, 0.5) is 24.9 Å². The molecule has 0 saturated heterocycles. The minimum atomic E-state index is -1.29. The summed E-state index contributed by atoms with van der Waals surface area (Å²) in [5.74, 6) is -3.88. The number of nitrogens with one attached hydrogen (secondary N) is 1. The average molecular weight is 336 g/mol. The number of carbonyl (C=O) groups is 1. The van der Waals surface area contributed by atoms with Crippen molar-refractivity contribution in [2.24, 2.45) is 0 Å². The molecule has 1 aromatic heterocycles. The highest BCUT2D eigenvalue weighted by Gasteiger charge is 2.13. The fraction of sp³-hybridized carbons (Fsp3) is 0.125. The molecular weight excluding hydrogens is 325 g/mol. The first-order chi connectivity index (χ1) is 11.5. The second kappa shape index (κ2) is 6.23. The van der Waals surface area contributed by atoms with Gasteiger partial charge in [-0.2, -0.15) is 4.98 Å². The van der Waals surface area contributed by atoms with Crippen molar-refractivity contribution in [3.8, 4) is 0 Å². The van der Waals surface area contributed by atoms with Gasteiger partial charge >= 0.3 is 5.97 Å². The molecule has 0 bridgehead atoms. The number of hydrogen-bond donors (Lipinski definition) is 1. The third-order valence-corrected chi connectivity index (χ3v) is 3.28. The molecule has 124 valence electrons. The Morgan fingerprint density at radius 2 is 1.92 bits per heavy atom. The van der Waals surface area contributed by atoms with Crippen LogP contribution in [0.25, 0.3) is 11.1 Å². The van der Waals surface area contributed by atoms with E-state index < -0.39 is 23.4 Å². The van der Waals surface area contributed by atoms with Crippen LogP contribution >= 0.6 is 0 Å². The van der Waals surface area contributed by atoms with E-state index in [1.165, 1.54) is 7.11 Å². The highest BCUT2D eigenvalue weighted by molar-refractivity contribution is 5.79. The largest absolute Gasteiger partial charge is 0.469 e. The van der Waals surface area contributed by atoms with Crippen LogP contribution in [0, 0.1) is 17.5 Å². The molecule has 2 aromatic carbocycles.